The molecule has 0 atom stereocenters. The molecule has 0 spiro atoms. The van der Waals surface area contributed by atoms with Gasteiger partial charge in [0, 0.05) is 12.8 Å². The summed E-state index contributed by atoms with van der Waals surface area (Å²) in [6, 6.07) is 4.37. The fourth-order valence-corrected chi connectivity index (χ4v) is 2.08. The number of aromatic carboxylic acids is 1. The zero-order chi connectivity index (χ0) is 13.8. The first-order chi connectivity index (χ1) is 8.29. The first kappa shape index (κ1) is 14.3. The van der Waals surface area contributed by atoms with E-state index in [2.05, 4.69) is 5.32 Å². The number of anilines is 2. The second kappa shape index (κ2) is 5.72. The minimum atomic E-state index is -2.96. The Hall–Kier alpha value is -1.76. The lowest BCUT2D eigenvalue weighted by molar-refractivity contribution is 0.0697. The Kier molecular flexibility index (Phi) is 4.55. The van der Waals surface area contributed by atoms with Crippen molar-refractivity contribution < 1.29 is 18.3 Å². The number of nitrogen functional groups attached to an aromatic ring is 1. The lowest BCUT2D eigenvalue weighted by atomic mass is 10.1. The summed E-state index contributed by atoms with van der Waals surface area (Å²) >= 11 is 0. The third-order valence-electron chi connectivity index (χ3n) is 2.31. The van der Waals surface area contributed by atoms with Gasteiger partial charge in [-0.15, -0.1) is 0 Å². The molecular formula is C11H16N2O4S. The van der Waals surface area contributed by atoms with Crippen LogP contribution in [-0.4, -0.2) is 38.0 Å². The van der Waals surface area contributed by atoms with Crippen LogP contribution >= 0.6 is 0 Å². The maximum absolute atomic E-state index is 10.9. The molecule has 1 rings (SSSR count). The quantitative estimate of drug-likeness (QED) is 0.522. The number of carboxylic acids is 1. The van der Waals surface area contributed by atoms with Gasteiger partial charge in [-0.25, -0.2) is 13.2 Å². The van der Waals surface area contributed by atoms with E-state index < -0.39 is 15.8 Å². The SMILES string of the molecule is CS(=O)(=O)CCCNc1ccc(C(=O)O)cc1N. The second-order valence-electron chi connectivity index (χ2n) is 4.02. The molecular weight excluding hydrogens is 256 g/mol. The smallest absolute Gasteiger partial charge is 0.335 e. The van der Waals surface area contributed by atoms with Gasteiger partial charge in [0.25, 0.3) is 0 Å². The van der Waals surface area contributed by atoms with E-state index in [1.54, 1.807) is 6.07 Å². The normalized spacial score (nSPS) is 11.2. The van der Waals surface area contributed by atoms with Gasteiger partial charge in [0.15, 0.2) is 0 Å². The van der Waals surface area contributed by atoms with Crippen molar-refractivity contribution in [1.82, 2.24) is 0 Å². The van der Waals surface area contributed by atoms with Crippen LogP contribution in [0.1, 0.15) is 16.8 Å². The molecule has 1 aromatic rings. The number of nitrogens with one attached hydrogen (secondary N) is 1. The van der Waals surface area contributed by atoms with Gasteiger partial charge in [-0.05, 0) is 24.6 Å². The molecule has 18 heavy (non-hydrogen) atoms. The summed E-state index contributed by atoms with van der Waals surface area (Å²) in [5.74, 6) is -0.932. The van der Waals surface area contributed by atoms with Gasteiger partial charge in [-0.1, -0.05) is 0 Å². The van der Waals surface area contributed by atoms with Gasteiger partial charge < -0.3 is 16.2 Å². The average Bonchev–Trinajstić information content (AvgIpc) is 2.24. The van der Waals surface area contributed by atoms with E-state index in [1.165, 1.54) is 18.4 Å². The minimum Gasteiger partial charge on any atom is -0.478 e. The summed E-state index contributed by atoms with van der Waals surface area (Å²) in [6.45, 7) is 0.462. The Bertz CT molecular complexity index is 540. The zero-order valence-corrected chi connectivity index (χ0v) is 10.8. The van der Waals surface area contributed by atoms with Crippen molar-refractivity contribution in [2.24, 2.45) is 0 Å². The largest absolute Gasteiger partial charge is 0.478 e. The molecule has 100 valence electrons. The Morgan fingerprint density at radius 1 is 1.44 bits per heavy atom. The second-order valence-corrected chi connectivity index (χ2v) is 6.28. The molecule has 0 saturated heterocycles. The standard InChI is InChI=1S/C11H16N2O4S/c1-18(16,17)6-2-5-13-10-4-3-8(11(14)15)7-9(10)12/h3-4,7,13H,2,5-6,12H2,1H3,(H,14,15). The molecule has 0 aliphatic carbocycles. The van der Waals surface area contributed by atoms with Crippen LogP contribution in [0.4, 0.5) is 11.4 Å². The predicted octanol–water partition coefficient (Wildman–Crippen LogP) is 0.814. The maximum atomic E-state index is 10.9. The van der Waals surface area contributed by atoms with Crippen molar-refractivity contribution in [2.75, 3.05) is 29.6 Å². The lowest BCUT2D eigenvalue weighted by Crippen LogP contribution is -2.11. The highest BCUT2D eigenvalue weighted by molar-refractivity contribution is 7.90. The highest BCUT2D eigenvalue weighted by Gasteiger charge is 2.06. The van der Waals surface area contributed by atoms with Gasteiger partial charge in [-0.3, -0.25) is 0 Å². The molecule has 0 heterocycles. The van der Waals surface area contributed by atoms with Gasteiger partial charge in [0.05, 0.1) is 22.7 Å². The molecule has 6 nitrogen and oxygen atoms in total. The highest BCUT2D eigenvalue weighted by atomic mass is 32.2. The number of rotatable bonds is 6. The van der Waals surface area contributed by atoms with Gasteiger partial charge in [0.1, 0.15) is 9.84 Å². The number of nitrogens with two attached hydrogens (primary N) is 1. The predicted molar refractivity (Wildman–Crippen MR) is 70.6 cm³/mol. The molecule has 0 radical (unpaired) electrons. The third kappa shape index (κ3) is 4.62. The van der Waals surface area contributed by atoms with Crippen LogP contribution in [-0.2, 0) is 9.84 Å². The van der Waals surface area contributed by atoms with Crippen LogP contribution in [0.2, 0.25) is 0 Å². The maximum Gasteiger partial charge on any atom is 0.335 e. The zero-order valence-electron chi connectivity index (χ0n) is 10.0. The van der Waals surface area contributed by atoms with Gasteiger partial charge in [-0.2, -0.15) is 0 Å². The number of hydrogen-bond donors (Lipinski definition) is 3. The number of carboxylic acid groups (broad SMARTS) is 1. The Labute approximate surface area is 106 Å². The fourth-order valence-electron chi connectivity index (χ4n) is 1.41. The number of hydrogen-bond acceptors (Lipinski definition) is 5. The van der Waals surface area contributed by atoms with Gasteiger partial charge in [0.2, 0.25) is 0 Å². The van der Waals surface area contributed by atoms with Crippen LogP contribution in [0.5, 0.6) is 0 Å². The summed E-state index contributed by atoms with van der Waals surface area (Å²) in [7, 11) is -2.96. The molecule has 1 aromatic carbocycles. The van der Waals surface area contributed by atoms with Crippen molar-refractivity contribution in [3.63, 3.8) is 0 Å². The van der Waals surface area contributed by atoms with Crippen molar-refractivity contribution in [2.45, 2.75) is 6.42 Å². The first-order valence-electron chi connectivity index (χ1n) is 5.34. The van der Waals surface area contributed by atoms with Crippen molar-refractivity contribution in [3.8, 4) is 0 Å². The van der Waals surface area contributed by atoms with E-state index in [0.29, 0.717) is 24.3 Å². The van der Waals surface area contributed by atoms with Crippen molar-refractivity contribution >= 4 is 27.2 Å². The topological polar surface area (TPSA) is 109 Å². The van der Waals surface area contributed by atoms with Crippen LogP contribution in [0.3, 0.4) is 0 Å². The molecule has 0 aliphatic heterocycles. The summed E-state index contributed by atoms with van der Waals surface area (Å²) in [5, 5.41) is 11.7. The number of sulfone groups is 1. The van der Waals surface area contributed by atoms with E-state index in [9.17, 15) is 13.2 Å². The Morgan fingerprint density at radius 2 is 2.11 bits per heavy atom. The molecule has 0 aromatic heterocycles. The van der Waals surface area contributed by atoms with Crippen LogP contribution in [0, 0.1) is 0 Å². The summed E-state index contributed by atoms with van der Waals surface area (Å²) in [6.07, 6.45) is 1.65. The van der Waals surface area contributed by atoms with E-state index in [1.807, 2.05) is 0 Å². The van der Waals surface area contributed by atoms with Crippen LogP contribution in [0.25, 0.3) is 0 Å². The van der Waals surface area contributed by atoms with E-state index >= 15 is 0 Å². The Morgan fingerprint density at radius 3 is 2.61 bits per heavy atom. The fraction of sp³-hybridized carbons (Fsp3) is 0.364. The average molecular weight is 272 g/mol. The van der Waals surface area contributed by atoms with Gasteiger partial charge >= 0.3 is 5.97 Å². The molecule has 0 aliphatic rings. The molecule has 0 amide bonds. The summed E-state index contributed by atoms with van der Waals surface area (Å²) in [4.78, 5) is 10.7. The summed E-state index contributed by atoms with van der Waals surface area (Å²) < 4.78 is 21.8. The lowest BCUT2D eigenvalue weighted by Gasteiger charge is -2.09. The number of carbonyl (C=O) groups is 1. The highest BCUT2D eigenvalue weighted by Crippen LogP contribution is 2.19. The monoisotopic (exact) mass is 272 g/mol. The van der Waals surface area contributed by atoms with E-state index in [0.717, 1.165) is 0 Å². The van der Waals surface area contributed by atoms with Crippen molar-refractivity contribution in [3.05, 3.63) is 23.8 Å². The van der Waals surface area contributed by atoms with E-state index in [4.69, 9.17) is 10.8 Å². The molecule has 0 saturated carbocycles. The Balaban J connectivity index is 2.56. The van der Waals surface area contributed by atoms with Crippen LogP contribution < -0.4 is 11.1 Å². The van der Waals surface area contributed by atoms with Crippen LogP contribution in [0.15, 0.2) is 18.2 Å². The van der Waals surface area contributed by atoms with E-state index in [-0.39, 0.29) is 11.3 Å². The minimum absolute atomic E-state index is 0.104. The first-order valence-corrected chi connectivity index (χ1v) is 7.40. The molecule has 0 bridgehead atoms. The molecule has 4 N–H and O–H groups in total. The number of benzene rings is 1. The third-order valence-corrected chi connectivity index (χ3v) is 3.34. The summed E-state index contributed by atoms with van der Waals surface area (Å²) in [5.41, 5.74) is 6.74. The molecule has 0 unspecified atom stereocenters. The van der Waals surface area contributed by atoms with Crippen molar-refractivity contribution in [1.29, 1.82) is 0 Å². The molecule has 0 fully saturated rings. The molecule has 7 heteroatoms.